The molecule has 27 heavy (non-hydrogen) atoms. The van der Waals surface area contributed by atoms with Crippen molar-refractivity contribution in [2.75, 3.05) is 20.8 Å². The zero-order valence-corrected chi connectivity index (χ0v) is 16.2. The van der Waals surface area contributed by atoms with Gasteiger partial charge >= 0.3 is 0 Å². The molecule has 1 aromatic rings. The molecule has 1 saturated carbocycles. The molecule has 7 heteroatoms. The number of benzene rings is 1. The molecule has 2 atom stereocenters. The van der Waals surface area contributed by atoms with Crippen molar-refractivity contribution in [3.63, 3.8) is 0 Å². The topological polar surface area (TPSA) is 71.1 Å². The van der Waals surface area contributed by atoms with Gasteiger partial charge in [-0.25, -0.2) is 0 Å². The van der Waals surface area contributed by atoms with Crippen molar-refractivity contribution in [2.24, 2.45) is 11.8 Å². The summed E-state index contributed by atoms with van der Waals surface area (Å²) in [7, 11) is 2.95. The number of ether oxygens (including phenoxy) is 4. The number of Topliss-reactive ketones (excluding diaryl/α,β-unsaturated/α-hetero) is 1. The normalized spacial score (nSPS) is 26.5. The number of hydrogen-bond acceptors (Lipinski definition) is 6. The van der Waals surface area contributed by atoms with Crippen LogP contribution in [-0.4, -0.2) is 38.0 Å². The summed E-state index contributed by atoms with van der Waals surface area (Å²) in [5.41, 5.74) is -1.15. The number of hydrogen-bond donors (Lipinski definition) is 0. The number of methoxy groups -OCH3 is 2. The standard InChI is InChI=1S/C20H21ClO6/c1-10-6-12(22)7-15(26-9-11-4-5-11)20(10)19(23)16-13(24-2)8-14(25-3)17(21)18(16)27-20/h7-8,10-11H,4-6,9H2,1-3H3/t10-,20+/m1/s1. The van der Waals surface area contributed by atoms with E-state index in [2.05, 4.69) is 0 Å². The molecule has 1 spiro atoms. The molecule has 0 aromatic heterocycles. The lowest BCUT2D eigenvalue weighted by atomic mass is 9.75. The Morgan fingerprint density at radius 1 is 1.22 bits per heavy atom. The molecule has 0 N–H and O–H groups in total. The first-order valence-electron chi connectivity index (χ1n) is 8.98. The Bertz CT molecular complexity index is 857. The van der Waals surface area contributed by atoms with Crippen molar-refractivity contribution in [3.8, 4) is 17.2 Å². The van der Waals surface area contributed by atoms with E-state index >= 15 is 0 Å². The van der Waals surface area contributed by atoms with Crippen LogP contribution in [0.4, 0.5) is 0 Å². The number of ketones is 2. The molecule has 1 fully saturated rings. The molecule has 1 aliphatic heterocycles. The Kier molecular flexibility index (Phi) is 4.34. The van der Waals surface area contributed by atoms with E-state index in [0.717, 1.165) is 12.8 Å². The van der Waals surface area contributed by atoms with Gasteiger partial charge in [-0.3, -0.25) is 9.59 Å². The maximum atomic E-state index is 13.6. The van der Waals surface area contributed by atoms with Gasteiger partial charge in [0.1, 0.15) is 22.1 Å². The SMILES string of the molecule is COc1cc(OC)c2c(c1Cl)O[C@]1(C2=O)C(OCC2CC2)=CC(=O)C[C@H]1C. The van der Waals surface area contributed by atoms with Crippen molar-refractivity contribution >= 4 is 23.2 Å². The van der Waals surface area contributed by atoms with E-state index in [1.165, 1.54) is 20.3 Å². The van der Waals surface area contributed by atoms with Gasteiger partial charge in [0.05, 0.1) is 20.8 Å². The summed E-state index contributed by atoms with van der Waals surface area (Å²) < 4.78 is 22.8. The van der Waals surface area contributed by atoms with Gasteiger partial charge in [-0.15, -0.1) is 0 Å². The van der Waals surface area contributed by atoms with Crippen LogP contribution in [0.5, 0.6) is 17.2 Å². The van der Waals surface area contributed by atoms with Crippen LogP contribution in [0.15, 0.2) is 17.9 Å². The molecule has 0 amide bonds. The Morgan fingerprint density at radius 2 is 1.93 bits per heavy atom. The van der Waals surface area contributed by atoms with Gasteiger partial charge < -0.3 is 18.9 Å². The summed E-state index contributed by atoms with van der Waals surface area (Å²) >= 11 is 6.43. The summed E-state index contributed by atoms with van der Waals surface area (Å²) in [6.45, 7) is 2.28. The van der Waals surface area contributed by atoms with Crippen LogP contribution < -0.4 is 14.2 Å². The number of halogens is 1. The van der Waals surface area contributed by atoms with Crippen molar-refractivity contribution in [1.82, 2.24) is 0 Å². The van der Waals surface area contributed by atoms with Crippen molar-refractivity contribution < 1.29 is 28.5 Å². The smallest absolute Gasteiger partial charge is 0.231 e. The summed E-state index contributed by atoms with van der Waals surface area (Å²) in [5.74, 6) is 0.808. The molecule has 3 aliphatic rings. The van der Waals surface area contributed by atoms with Crippen LogP contribution in [0.1, 0.15) is 36.5 Å². The van der Waals surface area contributed by atoms with Crippen molar-refractivity contribution in [3.05, 3.63) is 28.5 Å². The Labute approximate surface area is 162 Å². The van der Waals surface area contributed by atoms with Gasteiger partial charge in [0.15, 0.2) is 17.3 Å². The van der Waals surface area contributed by atoms with E-state index in [1.54, 1.807) is 6.07 Å². The Balaban J connectivity index is 1.83. The first-order chi connectivity index (χ1) is 12.9. The van der Waals surface area contributed by atoms with Crippen molar-refractivity contribution in [2.45, 2.75) is 31.8 Å². The zero-order chi connectivity index (χ0) is 19.3. The average molecular weight is 393 g/mol. The second kappa shape index (κ2) is 6.44. The van der Waals surface area contributed by atoms with E-state index in [4.69, 9.17) is 30.5 Å². The van der Waals surface area contributed by atoms with Gasteiger partial charge in [0, 0.05) is 24.5 Å². The van der Waals surface area contributed by atoms with E-state index in [0.29, 0.717) is 24.0 Å². The lowest BCUT2D eigenvalue weighted by Crippen LogP contribution is -2.51. The van der Waals surface area contributed by atoms with Gasteiger partial charge in [-0.2, -0.15) is 0 Å². The molecule has 0 bridgehead atoms. The number of carbonyl (C=O) groups excluding carboxylic acids is 2. The lowest BCUT2D eigenvalue weighted by molar-refractivity contribution is -0.118. The molecule has 4 rings (SSSR count). The molecular formula is C20H21ClO6. The van der Waals surface area contributed by atoms with E-state index in [9.17, 15) is 9.59 Å². The third-order valence-corrected chi connectivity index (χ3v) is 5.81. The zero-order valence-electron chi connectivity index (χ0n) is 15.5. The molecule has 6 nitrogen and oxygen atoms in total. The predicted octanol–water partition coefficient (Wildman–Crippen LogP) is 3.59. The monoisotopic (exact) mass is 392 g/mol. The Morgan fingerprint density at radius 3 is 2.56 bits per heavy atom. The first-order valence-corrected chi connectivity index (χ1v) is 9.36. The second-order valence-electron chi connectivity index (χ2n) is 7.30. The summed E-state index contributed by atoms with van der Waals surface area (Å²) in [6, 6.07) is 1.56. The van der Waals surface area contributed by atoms with Crippen LogP contribution >= 0.6 is 11.6 Å². The largest absolute Gasteiger partial charge is 0.496 e. The van der Waals surface area contributed by atoms with Gasteiger partial charge in [-0.05, 0) is 18.8 Å². The molecular weight excluding hydrogens is 372 g/mol. The fourth-order valence-corrected chi connectivity index (χ4v) is 3.99. The molecule has 1 heterocycles. The van der Waals surface area contributed by atoms with Gasteiger partial charge in [0.25, 0.3) is 0 Å². The number of fused-ring (bicyclic) bond motifs is 1. The van der Waals surface area contributed by atoms with E-state index in [-0.39, 0.29) is 40.1 Å². The lowest BCUT2D eigenvalue weighted by Gasteiger charge is -2.37. The molecule has 0 radical (unpaired) electrons. The predicted molar refractivity (Wildman–Crippen MR) is 97.8 cm³/mol. The number of carbonyl (C=O) groups is 2. The third kappa shape index (κ3) is 2.69. The fraction of sp³-hybridized carbons (Fsp3) is 0.500. The highest BCUT2D eigenvalue weighted by Gasteiger charge is 2.60. The summed E-state index contributed by atoms with van der Waals surface area (Å²) in [4.78, 5) is 25.7. The molecule has 1 aromatic carbocycles. The van der Waals surface area contributed by atoms with E-state index in [1.807, 2.05) is 6.92 Å². The van der Waals surface area contributed by atoms with E-state index < -0.39 is 11.5 Å². The highest BCUT2D eigenvalue weighted by Crippen LogP contribution is 2.54. The highest BCUT2D eigenvalue weighted by molar-refractivity contribution is 6.35. The summed E-state index contributed by atoms with van der Waals surface area (Å²) in [5, 5.41) is 0.198. The van der Waals surface area contributed by atoms with Crippen LogP contribution in [0.3, 0.4) is 0 Å². The highest BCUT2D eigenvalue weighted by atomic mass is 35.5. The molecule has 144 valence electrons. The maximum absolute atomic E-state index is 13.6. The minimum absolute atomic E-state index is 0.0816. The quantitative estimate of drug-likeness (QED) is 0.762. The Hall–Kier alpha value is -2.21. The van der Waals surface area contributed by atoms with Crippen LogP contribution in [0, 0.1) is 11.8 Å². The average Bonchev–Trinajstić information content (AvgIpc) is 3.42. The minimum atomic E-state index is -1.41. The second-order valence-corrected chi connectivity index (χ2v) is 7.68. The van der Waals surface area contributed by atoms with Crippen LogP contribution in [0.25, 0.3) is 0 Å². The van der Waals surface area contributed by atoms with Gasteiger partial charge in [-0.1, -0.05) is 18.5 Å². The number of rotatable bonds is 5. The molecule has 2 aliphatic carbocycles. The summed E-state index contributed by atoms with van der Waals surface area (Å²) in [6.07, 6.45) is 3.77. The third-order valence-electron chi connectivity index (χ3n) is 5.45. The van der Waals surface area contributed by atoms with Crippen LogP contribution in [0.2, 0.25) is 5.02 Å². The minimum Gasteiger partial charge on any atom is -0.496 e. The van der Waals surface area contributed by atoms with Crippen molar-refractivity contribution in [1.29, 1.82) is 0 Å². The first kappa shape index (κ1) is 18.2. The van der Waals surface area contributed by atoms with Crippen LogP contribution in [-0.2, 0) is 9.53 Å². The fourth-order valence-electron chi connectivity index (χ4n) is 3.73. The molecule has 0 unspecified atom stereocenters. The maximum Gasteiger partial charge on any atom is 0.231 e. The van der Waals surface area contributed by atoms with Gasteiger partial charge in [0.2, 0.25) is 11.4 Å². The number of allylic oxidation sites excluding steroid dienone is 1. The molecule has 0 saturated heterocycles.